The zero-order valence-electron chi connectivity index (χ0n) is 16.1. The lowest BCUT2D eigenvalue weighted by Crippen LogP contribution is -2.43. The van der Waals surface area contributed by atoms with E-state index >= 15 is 0 Å². The Morgan fingerprint density at radius 1 is 0.966 bits per heavy atom. The number of benzene rings is 3. The van der Waals surface area contributed by atoms with Crippen molar-refractivity contribution in [1.29, 1.82) is 0 Å². The van der Waals surface area contributed by atoms with Gasteiger partial charge in [0.2, 0.25) is 11.8 Å². The summed E-state index contributed by atoms with van der Waals surface area (Å²) in [4.78, 5) is 26.7. The van der Waals surface area contributed by atoms with Crippen molar-refractivity contribution in [3.05, 3.63) is 70.7 Å². The summed E-state index contributed by atoms with van der Waals surface area (Å²) in [7, 11) is 1.72. The number of fused-ring (bicyclic) bond motifs is 1. The molecule has 3 aromatic carbocycles. The van der Waals surface area contributed by atoms with E-state index in [0.717, 1.165) is 16.5 Å². The molecule has 5 nitrogen and oxygen atoms in total. The van der Waals surface area contributed by atoms with Crippen LogP contribution < -0.4 is 10.6 Å². The third-order valence-corrected chi connectivity index (χ3v) is 5.23. The lowest BCUT2D eigenvalue weighted by atomic mass is 10.1. The SMILES string of the molecule is C[C@@H](C(=O)Nc1ccc(Cl)cc1Cl)N(C)CC(=O)Nc1cccc2ccccc12. The fourth-order valence-corrected chi connectivity index (χ4v) is 3.37. The first-order valence-corrected chi connectivity index (χ1v) is 9.84. The molecule has 0 saturated heterocycles. The third kappa shape index (κ3) is 5.26. The van der Waals surface area contributed by atoms with Crippen LogP contribution in [0.5, 0.6) is 0 Å². The summed E-state index contributed by atoms with van der Waals surface area (Å²) in [6.45, 7) is 1.79. The molecule has 3 rings (SSSR count). The molecule has 0 heterocycles. The number of rotatable bonds is 6. The molecule has 1 atom stereocenters. The van der Waals surface area contributed by atoms with Gasteiger partial charge in [-0.05, 0) is 43.6 Å². The molecule has 29 heavy (non-hydrogen) atoms. The van der Waals surface area contributed by atoms with Crippen LogP contribution in [0, 0.1) is 0 Å². The van der Waals surface area contributed by atoms with E-state index in [1.807, 2.05) is 42.5 Å². The van der Waals surface area contributed by atoms with E-state index in [9.17, 15) is 9.59 Å². The van der Waals surface area contributed by atoms with Gasteiger partial charge in [0, 0.05) is 16.1 Å². The van der Waals surface area contributed by atoms with Crippen molar-refractivity contribution in [1.82, 2.24) is 4.90 Å². The largest absolute Gasteiger partial charge is 0.324 e. The molecular formula is C22H21Cl2N3O2. The maximum Gasteiger partial charge on any atom is 0.241 e. The number of likely N-dealkylation sites (N-methyl/N-ethyl adjacent to an activating group) is 1. The predicted octanol–water partition coefficient (Wildman–Crippen LogP) is 5.04. The van der Waals surface area contributed by atoms with E-state index in [-0.39, 0.29) is 18.4 Å². The number of hydrogen-bond donors (Lipinski definition) is 2. The highest BCUT2D eigenvalue weighted by atomic mass is 35.5. The van der Waals surface area contributed by atoms with Crippen molar-refractivity contribution < 1.29 is 9.59 Å². The second kappa shape index (κ2) is 9.27. The molecule has 0 spiro atoms. The summed E-state index contributed by atoms with van der Waals surface area (Å²) >= 11 is 12.0. The molecule has 2 N–H and O–H groups in total. The zero-order valence-corrected chi connectivity index (χ0v) is 17.6. The minimum atomic E-state index is -0.542. The standard InChI is InChI=1S/C22H21Cl2N3O2/c1-14(22(29)26-20-11-10-16(23)12-18(20)24)27(2)13-21(28)25-19-9-5-7-15-6-3-4-8-17(15)19/h3-12,14H,13H2,1-2H3,(H,25,28)(H,26,29)/t14-/m0/s1. The lowest BCUT2D eigenvalue weighted by Gasteiger charge is -2.23. The molecule has 7 heteroatoms. The average molecular weight is 430 g/mol. The van der Waals surface area contributed by atoms with Gasteiger partial charge in [0.1, 0.15) is 0 Å². The van der Waals surface area contributed by atoms with Crippen molar-refractivity contribution in [3.63, 3.8) is 0 Å². The fraction of sp³-hybridized carbons (Fsp3) is 0.182. The number of nitrogens with zero attached hydrogens (tertiary/aromatic N) is 1. The first-order valence-electron chi connectivity index (χ1n) is 9.09. The molecule has 0 aromatic heterocycles. The minimum absolute atomic E-state index is 0.0617. The zero-order chi connectivity index (χ0) is 21.0. The smallest absolute Gasteiger partial charge is 0.241 e. The van der Waals surface area contributed by atoms with Crippen LogP contribution in [-0.4, -0.2) is 36.3 Å². The Kier molecular flexibility index (Phi) is 6.75. The molecule has 2 amide bonds. The number of nitrogens with one attached hydrogen (secondary N) is 2. The van der Waals surface area contributed by atoms with Gasteiger partial charge in [-0.3, -0.25) is 14.5 Å². The van der Waals surface area contributed by atoms with Crippen LogP contribution in [0.2, 0.25) is 10.0 Å². The van der Waals surface area contributed by atoms with Gasteiger partial charge in [-0.15, -0.1) is 0 Å². The molecule has 0 aliphatic heterocycles. The van der Waals surface area contributed by atoms with E-state index in [1.165, 1.54) is 0 Å². The average Bonchev–Trinajstić information content (AvgIpc) is 2.69. The quantitative estimate of drug-likeness (QED) is 0.576. The summed E-state index contributed by atoms with van der Waals surface area (Å²) in [5, 5.41) is 8.55. The van der Waals surface area contributed by atoms with Gasteiger partial charge in [-0.1, -0.05) is 59.6 Å². The van der Waals surface area contributed by atoms with Gasteiger partial charge in [0.15, 0.2) is 0 Å². The van der Waals surface area contributed by atoms with Crippen LogP contribution >= 0.6 is 23.2 Å². The van der Waals surface area contributed by atoms with Crippen molar-refractivity contribution in [2.45, 2.75) is 13.0 Å². The second-order valence-electron chi connectivity index (χ2n) is 6.78. The Hall–Kier alpha value is -2.60. The van der Waals surface area contributed by atoms with Gasteiger partial charge in [-0.25, -0.2) is 0 Å². The van der Waals surface area contributed by atoms with Gasteiger partial charge >= 0.3 is 0 Å². The third-order valence-electron chi connectivity index (χ3n) is 4.69. The Balaban J connectivity index is 1.61. The molecule has 3 aromatic rings. The Bertz CT molecular complexity index is 1050. The number of carbonyl (C=O) groups excluding carboxylic acids is 2. The van der Waals surface area contributed by atoms with Crippen LogP contribution in [0.25, 0.3) is 10.8 Å². The van der Waals surface area contributed by atoms with Crippen molar-refractivity contribution in [3.8, 4) is 0 Å². The fourth-order valence-electron chi connectivity index (χ4n) is 2.92. The summed E-state index contributed by atoms with van der Waals surface area (Å²) in [6.07, 6.45) is 0. The molecule has 0 unspecified atom stereocenters. The van der Waals surface area contributed by atoms with Crippen LogP contribution in [-0.2, 0) is 9.59 Å². The molecule has 0 aliphatic rings. The monoisotopic (exact) mass is 429 g/mol. The minimum Gasteiger partial charge on any atom is -0.324 e. The maximum atomic E-state index is 12.5. The maximum absolute atomic E-state index is 12.5. The molecule has 0 fully saturated rings. The number of amides is 2. The van der Waals surface area contributed by atoms with E-state index in [0.29, 0.717) is 15.7 Å². The Morgan fingerprint density at radius 2 is 1.69 bits per heavy atom. The van der Waals surface area contributed by atoms with Gasteiger partial charge in [0.05, 0.1) is 23.3 Å². The molecule has 0 bridgehead atoms. The van der Waals surface area contributed by atoms with Crippen LogP contribution in [0.4, 0.5) is 11.4 Å². The molecular weight excluding hydrogens is 409 g/mol. The number of hydrogen-bond acceptors (Lipinski definition) is 3. The Morgan fingerprint density at radius 3 is 2.45 bits per heavy atom. The van der Waals surface area contributed by atoms with E-state index in [4.69, 9.17) is 23.2 Å². The van der Waals surface area contributed by atoms with Crippen LogP contribution in [0.3, 0.4) is 0 Å². The lowest BCUT2D eigenvalue weighted by molar-refractivity contribution is -0.122. The van der Waals surface area contributed by atoms with E-state index in [2.05, 4.69) is 10.6 Å². The first-order chi connectivity index (χ1) is 13.8. The molecule has 0 radical (unpaired) electrons. The van der Waals surface area contributed by atoms with Crippen molar-refractivity contribution >= 4 is 57.2 Å². The topological polar surface area (TPSA) is 61.4 Å². The molecule has 0 saturated carbocycles. The highest BCUT2D eigenvalue weighted by Crippen LogP contribution is 2.26. The van der Waals surface area contributed by atoms with Gasteiger partial charge < -0.3 is 10.6 Å². The predicted molar refractivity (Wildman–Crippen MR) is 120 cm³/mol. The number of carbonyl (C=O) groups is 2. The van der Waals surface area contributed by atoms with Gasteiger partial charge in [0.25, 0.3) is 0 Å². The highest BCUT2D eigenvalue weighted by Gasteiger charge is 2.21. The number of anilines is 2. The van der Waals surface area contributed by atoms with Crippen LogP contribution in [0.15, 0.2) is 60.7 Å². The summed E-state index contributed by atoms with van der Waals surface area (Å²) in [5.74, 6) is -0.470. The summed E-state index contributed by atoms with van der Waals surface area (Å²) in [5.41, 5.74) is 1.22. The highest BCUT2D eigenvalue weighted by molar-refractivity contribution is 6.36. The van der Waals surface area contributed by atoms with Crippen molar-refractivity contribution in [2.24, 2.45) is 0 Å². The molecule has 150 valence electrons. The van der Waals surface area contributed by atoms with E-state index < -0.39 is 6.04 Å². The Labute approximate surface area is 179 Å². The second-order valence-corrected chi connectivity index (χ2v) is 7.62. The van der Waals surface area contributed by atoms with Crippen LogP contribution in [0.1, 0.15) is 6.92 Å². The first kappa shape index (κ1) is 21.1. The normalized spacial score (nSPS) is 12.0. The van der Waals surface area contributed by atoms with Gasteiger partial charge in [-0.2, -0.15) is 0 Å². The summed E-state index contributed by atoms with van der Waals surface area (Å²) < 4.78 is 0. The number of halogens is 2. The molecule has 0 aliphatic carbocycles. The van der Waals surface area contributed by atoms with E-state index in [1.54, 1.807) is 37.1 Å². The summed E-state index contributed by atoms with van der Waals surface area (Å²) in [6, 6.07) is 17.9. The van der Waals surface area contributed by atoms with Crippen molar-refractivity contribution in [2.75, 3.05) is 24.2 Å².